The summed E-state index contributed by atoms with van der Waals surface area (Å²) in [7, 11) is 0. The van der Waals surface area contributed by atoms with E-state index in [0.29, 0.717) is 11.6 Å². The van der Waals surface area contributed by atoms with Crippen LogP contribution in [0.25, 0.3) is 11.0 Å². The van der Waals surface area contributed by atoms with Crippen LogP contribution in [0.2, 0.25) is 0 Å². The van der Waals surface area contributed by atoms with Crippen LogP contribution >= 0.6 is 15.9 Å². The van der Waals surface area contributed by atoms with Crippen molar-refractivity contribution in [2.75, 3.05) is 11.9 Å². The highest BCUT2D eigenvalue weighted by atomic mass is 79.9. The summed E-state index contributed by atoms with van der Waals surface area (Å²) in [5, 5.41) is 8.89. The average Bonchev–Trinajstić information content (AvgIpc) is 2.89. The molecule has 5 heteroatoms. The van der Waals surface area contributed by atoms with Crippen LogP contribution < -0.4 is 5.32 Å². The summed E-state index contributed by atoms with van der Waals surface area (Å²) in [6, 6.07) is 7.61. The van der Waals surface area contributed by atoms with Gasteiger partial charge in [-0.15, -0.1) is 0 Å². The lowest BCUT2D eigenvalue weighted by molar-refractivity contribution is -0.120. The number of rotatable bonds is 8. The van der Waals surface area contributed by atoms with E-state index in [9.17, 15) is 4.79 Å². The number of amides is 1. The Labute approximate surface area is 133 Å². The Kier molecular flexibility index (Phi) is 6.23. The lowest BCUT2D eigenvalue weighted by atomic mass is 10.0. The number of carbonyl (C=O) groups is 1. The Morgan fingerprint density at radius 3 is 2.95 bits per heavy atom. The number of nitrogens with one attached hydrogen (secondary N) is 1. The molecule has 1 heterocycles. The average molecular weight is 353 g/mol. The number of nitrogens with zero attached hydrogens (tertiary/aromatic N) is 1. The van der Waals surface area contributed by atoms with Gasteiger partial charge in [-0.25, -0.2) is 0 Å². The van der Waals surface area contributed by atoms with Crippen molar-refractivity contribution in [2.45, 2.75) is 32.6 Å². The molecule has 1 unspecified atom stereocenters. The number of fused-ring (bicyclic) bond motifs is 1. The quantitative estimate of drug-likeness (QED) is 0.737. The molecule has 1 aromatic heterocycles. The smallest absolute Gasteiger partial charge is 0.226 e. The third kappa shape index (κ3) is 4.56. The van der Waals surface area contributed by atoms with Gasteiger partial charge in [-0.05, 0) is 30.9 Å². The van der Waals surface area contributed by atoms with E-state index in [1.807, 2.05) is 24.3 Å². The predicted molar refractivity (Wildman–Crippen MR) is 87.5 cm³/mol. The van der Waals surface area contributed by atoms with Crippen LogP contribution in [0.15, 0.2) is 28.8 Å². The first-order chi connectivity index (χ1) is 10.2. The molecule has 114 valence electrons. The zero-order chi connectivity index (χ0) is 15.1. The first-order valence-electron chi connectivity index (χ1n) is 7.40. The summed E-state index contributed by atoms with van der Waals surface area (Å²) in [6.45, 7) is 2.90. The fourth-order valence-corrected chi connectivity index (χ4v) is 3.10. The van der Waals surface area contributed by atoms with Gasteiger partial charge in [0, 0.05) is 17.3 Å². The van der Waals surface area contributed by atoms with Crippen molar-refractivity contribution in [2.24, 2.45) is 5.92 Å². The molecule has 0 aliphatic rings. The second-order valence-electron chi connectivity index (χ2n) is 5.24. The molecule has 2 rings (SSSR count). The Hall–Kier alpha value is -1.36. The number of carbonyl (C=O) groups excluding carboxylic acids is 1. The minimum Gasteiger partial charge on any atom is -0.356 e. The Balaban J connectivity index is 1.89. The topological polar surface area (TPSA) is 55.1 Å². The van der Waals surface area contributed by atoms with E-state index in [2.05, 4.69) is 33.3 Å². The van der Waals surface area contributed by atoms with Crippen LogP contribution in [0.1, 0.15) is 31.9 Å². The fraction of sp³-hybridized carbons (Fsp3) is 0.500. The van der Waals surface area contributed by atoms with E-state index < -0.39 is 0 Å². The maximum atomic E-state index is 12.1. The van der Waals surface area contributed by atoms with E-state index in [1.165, 1.54) is 0 Å². The summed E-state index contributed by atoms with van der Waals surface area (Å²) in [5.41, 5.74) is 1.43. The van der Waals surface area contributed by atoms with Gasteiger partial charge in [0.2, 0.25) is 5.91 Å². The molecule has 1 amide bonds. The van der Waals surface area contributed by atoms with E-state index >= 15 is 0 Å². The summed E-state index contributed by atoms with van der Waals surface area (Å²) >= 11 is 3.47. The molecule has 0 fully saturated rings. The van der Waals surface area contributed by atoms with Crippen LogP contribution in [-0.4, -0.2) is 22.9 Å². The van der Waals surface area contributed by atoms with Crippen molar-refractivity contribution in [3.05, 3.63) is 30.0 Å². The van der Waals surface area contributed by atoms with Crippen LogP contribution in [-0.2, 0) is 11.2 Å². The van der Waals surface area contributed by atoms with E-state index in [-0.39, 0.29) is 12.3 Å². The third-order valence-corrected chi connectivity index (χ3v) is 4.04. The molecule has 4 nitrogen and oxygen atoms in total. The highest BCUT2D eigenvalue weighted by Gasteiger charge is 2.13. The second-order valence-corrected chi connectivity index (χ2v) is 6.03. The normalized spacial score (nSPS) is 12.5. The first-order valence-corrected chi connectivity index (χ1v) is 8.52. The molecule has 0 radical (unpaired) electrons. The summed E-state index contributed by atoms with van der Waals surface area (Å²) in [5.74, 6) is 0.539. The van der Waals surface area contributed by atoms with Crippen LogP contribution in [0.4, 0.5) is 0 Å². The van der Waals surface area contributed by atoms with Gasteiger partial charge in [-0.2, -0.15) is 0 Å². The van der Waals surface area contributed by atoms with Gasteiger partial charge in [0.15, 0.2) is 5.58 Å². The maximum absolute atomic E-state index is 12.1. The standard InChI is InChI=1S/C16H21BrN2O2/c1-2-5-12(8-9-17)11-18-16(20)10-14-13-6-3-4-7-15(13)21-19-14/h3-4,6-7,12H,2,5,8-11H2,1H3,(H,18,20). The molecule has 0 saturated carbocycles. The summed E-state index contributed by atoms with van der Waals surface area (Å²) in [4.78, 5) is 12.1. The Bertz CT molecular complexity index is 576. The molecular weight excluding hydrogens is 332 g/mol. The van der Waals surface area contributed by atoms with Crippen LogP contribution in [0.3, 0.4) is 0 Å². The zero-order valence-corrected chi connectivity index (χ0v) is 13.9. The highest BCUT2D eigenvalue weighted by molar-refractivity contribution is 9.09. The SMILES string of the molecule is CCCC(CCBr)CNC(=O)Cc1noc2ccccc12. The number of hydrogen-bond acceptors (Lipinski definition) is 3. The van der Waals surface area contributed by atoms with Crippen molar-refractivity contribution < 1.29 is 9.32 Å². The summed E-state index contributed by atoms with van der Waals surface area (Å²) in [6.07, 6.45) is 3.63. The molecule has 0 spiro atoms. The molecular formula is C16H21BrN2O2. The van der Waals surface area contributed by atoms with Crippen molar-refractivity contribution >= 4 is 32.8 Å². The van der Waals surface area contributed by atoms with Crippen LogP contribution in [0, 0.1) is 5.92 Å². The maximum Gasteiger partial charge on any atom is 0.226 e. The van der Waals surface area contributed by atoms with Gasteiger partial charge in [-0.1, -0.05) is 46.6 Å². The number of halogens is 1. The van der Waals surface area contributed by atoms with Crippen molar-refractivity contribution in [3.8, 4) is 0 Å². The predicted octanol–water partition coefficient (Wildman–Crippen LogP) is 3.69. The third-order valence-electron chi connectivity index (χ3n) is 3.58. The molecule has 21 heavy (non-hydrogen) atoms. The number of aromatic nitrogens is 1. The lowest BCUT2D eigenvalue weighted by Crippen LogP contribution is -2.30. The van der Waals surface area contributed by atoms with E-state index in [0.717, 1.165) is 42.1 Å². The highest BCUT2D eigenvalue weighted by Crippen LogP contribution is 2.18. The van der Waals surface area contributed by atoms with Crippen LogP contribution in [0.5, 0.6) is 0 Å². The molecule has 0 saturated heterocycles. The Morgan fingerprint density at radius 2 is 2.19 bits per heavy atom. The largest absolute Gasteiger partial charge is 0.356 e. The number of hydrogen-bond donors (Lipinski definition) is 1. The molecule has 0 aliphatic carbocycles. The zero-order valence-electron chi connectivity index (χ0n) is 12.3. The van der Waals surface area contributed by atoms with Crippen molar-refractivity contribution in [3.63, 3.8) is 0 Å². The van der Waals surface area contributed by atoms with E-state index in [1.54, 1.807) is 0 Å². The van der Waals surface area contributed by atoms with Gasteiger partial charge < -0.3 is 9.84 Å². The molecule has 1 N–H and O–H groups in total. The molecule has 2 aromatic rings. The lowest BCUT2D eigenvalue weighted by Gasteiger charge is -2.15. The molecule has 0 aliphatic heterocycles. The van der Waals surface area contributed by atoms with Crippen molar-refractivity contribution in [1.82, 2.24) is 10.5 Å². The number of benzene rings is 1. The van der Waals surface area contributed by atoms with Gasteiger partial charge in [0.25, 0.3) is 0 Å². The first kappa shape index (κ1) is 16.0. The molecule has 0 bridgehead atoms. The minimum absolute atomic E-state index is 0.00438. The Morgan fingerprint density at radius 1 is 1.38 bits per heavy atom. The van der Waals surface area contributed by atoms with Gasteiger partial charge in [-0.3, -0.25) is 4.79 Å². The minimum atomic E-state index is 0.00438. The van der Waals surface area contributed by atoms with E-state index in [4.69, 9.17) is 4.52 Å². The fourth-order valence-electron chi connectivity index (χ4n) is 2.45. The monoisotopic (exact) mass is 352 g/mol. The molecule has 1 atom stereocenters. The summed E-state index contributed by atoms with van der Waals surface area (Å²) < 4.78 is 5.22. The van der Waals surface area contributed by atoms with Gasteiger partial charge >= 0.3 is 0 Å². The van der Waals surface area contributed by atoms with Gasteiger partial charge in [0.05, 0.1) is 6.42 Å². The number of para-hydroxylation sites is 1. The second kappa shape index (κ2) is 8.17. The van der Waals surface area contributed by atoms with Crippen molar-refractivity contribution in [1.29, 1.82) is 0 Å². The molecule has 1 aromatic carbocycles. The number of alkyl halides is 1. The van der Waals surface area contributed by atoms with Gasteiger partial charge in [0.1, 0.15) is 5.69 Å².